The van der Waals surface area contributed by atoms with Gasteiger partial charge in [0.2, 0.25) is 5.89 Å². The number of piperazine rings is 1. The molecule has 31 heavy (non-hydrogen) atoms. The Bertz CT molecular complexity index is 1120. The van der Waals surface area contributed by atoms with E-state index < -0.39 is 0 Å². The first kappa shape index (κ1) is 19.3. The molecule has 2 heterocycles. The number of benzene rings is 2. The topological polar surface area (TPSA) is 92.7 Å². The molecule has 0 atom stereocenters. The lowest BCUT2D eigenvalue weighted by molar-refractivity contribution is -0.384. The summed E-state index contributed by atoms with van der Waals surface area (Å²) < 4.78 is 6.03. The van der Waals surface area contributed by atoms with Gasteiger partial charge in [-0.15, -0.1) is 0 Å². The third-order valence-electron chi connectivity index (χ3n) is 5.81. The number of para-hydroxylation sites is 2. The number of aromatic nitrogens is 1. The van der Waals surface area contributed by atoms with E-state index in [2.05, 4.69) is 4.98 Å². The highest BCUT2D eigenvalue weighted by molar-refractivity contribution is 5.94. The van der Waals surface area contributed by atoms with Crippen LogP contribution in [0.15, 0.2) is 59.0 Å². The molecule has 0 bridgehead atoms. The Labute approximate surface area is 179 Å². The average Bonchev–Trinajstić information content (AvgIpc) is 3.57. The Kier molecular flexibility index (Phi) is 4.89. The van der Waals surface area contributed by atoms with E-state index in [1.54, 1.807) is 23.1 Å². The zero-order valence-corrected chi connectivity index (χ0v) is 16.9. The number of rotatable bonds is 5. The van der Waals surface area contributed by atoms with Crippen LogP contribution in [0.4, 0.5) is 11.4 Å². The van der Waals surface area contributed by atoms with Crippen LogP contribution >= 0.6 is 0 Å². The maximum absolute atomic E-state index is 13.3. The molecule has 1 saturated carbocycles. The van der Waals surface area contributed by atoms with E-state index in [1.165, 1.54) is 6.07 Å². The summed E-state index contributed by atoms with van der Waals surface area (Å²) in [6, 6.07) is 16.3. The van der Waals surface area contributed by atoms with Crippen molar-refractivity contribution in [2.45, 2.75) is 18.8 Å². The first-order chi connectivity index (χ1) is 15.1. The monoisotopic (exact) mass is 418 g/mol. The second kappa shape index (κ2) is 7.86. The molecule has 1 saturated heterocycles. The summed E-state index contributed by atoms with van der Waals surface area (Å²) in [6.07, 6.45) is 2.02. The lowest BCUT2D eigenvalue weighted by atomic mass is 10.2. The van der Waals surface area contributed by atoms with Gasteiger partial charge in [-0.2, -0.15) is 0 Å². The first-order valence-corrected chi connectivity index (χ1v) is 10.5. The van der Waals surface area contributed by atoms with Crippen LogP contribution in [-0.2, 0) is 0 Å². The van der Waals surface area contributed by atoms with Crippen LogP contribution in [0.5, 0.6) is 0 Å². The highest BCUT2D eigenvalue weighted by atomic mass is 16.6. The van der Waals surface area contributed by atoms with E-state index in [-0.39, 0.29) is 22.4 Å². The molecule has 0 spiro atoms. The molecule has 2 aromatic carbocycles. The molecule has 1 aromatic heterocycles. The summed E-state index contributed by atoms with van der Waals surface area (Å²) in [5.74, 6) is 1.29. The van der Waals surface area contributed by atoms with E-state index in [4.69, 9.17) is 4.42 Å². The highest BCUT2D eigenvalue weighted by Gasteiger charge is 2.36. The second-order valence-corrected chi connectivity index (χ2v) is 7.90. The lowest BCUT2D eigenvalue weighted by Gasteiger charge is -2.35. The van der Waals surface area contributed by atoms with E-state index in [1.807, 2.05) is 35.2 Å². The van der Waals surface area contributed by atoms with Gasteiger partial charge in [0.25, 0.3) is 11.6 Å². The summed E-state index contributed by atoms with van der Waals surface area (Å²) in [7, 11) is 0. The number of amides is 1. The number of hydrogen-bond acceptors (Lipinski definition) is 6. The van der Waals surface area contributed by atoms with Crippen molar-refractivity contribution in [3.8, 4) is 11.5 Å². The van der Waals surface area contributed by atoms with Gasteiger partial charge in [0.05, 0.1) is 4.92 Å². The first-order valence-electron chi connectivity index (χ1n) is 10.5. The number of carbonyl (C=O) groups is 1. The maximum atomic E-state index is 13.3. The maximum Gasteiger partial charge on any atom is 0.292 e. The minimum absolute atomic E-state index is 0.0855. The van der Waals surface area contributed by atoms with Crippen LogP contribution in [0.3, 0.4) is 0 Å². The van der Waals surface area contributed by atoms with Crippen LogP contribution in [0, 0.1) is 10.1 Å². The molecule has 3 aromatic rings. The second-order valence-electron chi connectivity index (χ2n) is 7.90. The molecule has 1 aliphatic heterocycles. The average molecular weight is 418 g/mol. The number of hydrogen-bond donors (Lipinski definition) is 0. The molecule has 1 amide bonds. The largest absolute Gasteiger partial charge is 0.440 e. The number of nitro groups is 1. The Morgan fingerprint density at radius 2 is 1.68 bits per heavy atom. The van der Waals surface area contributed by atoms with E-state index in [0.29, 0.717) is 49.2 Å². The molecular weight excluding hydrogens is 396 g/mol. The fraction of sp³-hybridized carbons (Fsp3) is 0.304. The van der Waals surface area contributed by atoms with Crippen LogP contribution in [0.2, 0.25) is 0 Å². The predicted octanol–water partition coefficient (Wildman–Crippen LogP) is 4.09. The standard InChI is InChI=1S/C23H22N4O4/c28-23(20-21(16-10-11-16)31-22(24-20)17-6-2-1-3-7-17)26-14-12-25(13-15-26)18-8-4-5-9-19(18)27(29)30/h1-9,16H,10-15H2. The fourth-order valence-electron chi connectivity index (χ4n) is 4.00. The van der Waals surface area contributed by atoms with Gasteiger partial charge < -0.3 is 14.2 Å². The van der Waals surface area contributed by atoms with Gasteiger partial charge in [-0.1, -0.05) is 30.3 Å². The summed E-state index contributed by atoms with van der Waals surface area (Å²) in [4.78, 5) is 32.6. The van der Waals surface area contributed by atoms with E-state index >= 15 is 0 Å². The van der Waals surface area contributed by atoms with Gasteiger partial charge in [0.15, 0.2) is 5.69 Å². The van der Waals surface area contributed by atoms with Crippen LogP contribution in [0.1, 0.15) is 35.0 Å². The molecule has 8 heteroatoms. The fourth-order valence-corrected chi connectivity index (χ4v) is 4.00. The van der Waals surface area contributed by atoms with Gasteiger partial charge in [-0.3, -0.25) is 14.9 Å². The predicted molar refractivity (Wildman–Crippen MR) is 115 cm³/mol. The summed E-state index contributed by atoms with van der Waals surface area (Å²) >= 11 is 0. The van der Waals surface area contributed by atoms with Crippen molar-refractivity contribution in [1.29, 1.82) is 0 Å². The highest BCUT2D eigenvalue weighted by Crippen LogP contribution is 2.43. The zero-order valence-electron chi connectivity index (χ0n) is 16.9. The van der Waals surface area contributed by atoms with Gasteiger partial charge in [0, 0.05) is 43.7 Å². The molecular formula is C23H22N4O4. The number of oxazole rings is 1. The molecule has 0 N–H and O–H groups in total. The molecule has 0 radical (unpaired) electrons. The Morgan fingerprint density at radius 1 is 1.00 bits per heavy atom. The van der Waals surface area contributed by atoms with E-state index in [9.17, 15) is 14.9 Å². The third-order valence-corrected chi connectivity index (χ3v) is 5.81. The third kappa shape index (κ3) is 3.76. The summed E-state index contributed by atoms with van der Waals surface area (Å²) in [5, 5.41) is 11.3. The van der Waals surface area contributed by atoms with Gasteiger partial charge in [-0.25, -0.2) is 4.98 Å². The Balaban J connectivity index is 1.34. The molecule has 2 aliphatic rings. The quantitative estimate of drug-likeness (QED) is 0.458. The van der Waals surface area contributed by atoms with Crippen molar-refractivity contribution in [3.63, 3.8) is 0 Å². The van der Waals surface area contributed by atoms with Crippen molar-refractivity contribution >= 4 is 17.3 Å². The Hall–Kier alpha value is -3.68. The minimum atomic E-state index is -0.366. The van der Waals surface area contributed by atoms with Crippen LogP contribution in [-0.4, -0.2) is 46.9 Å². The van der Waals surface area contributed by atoms with Gasteiger partial charge in [0.1, 0.15) is 11.4 Å². The molecule has 2 fully saturated rings. The lowest BCUT2D eigenvalue weighted by Crippen LogP contribution is -2.49. The zero-order chi connectivity index (χ0) is 21.4. The number of anilines is 1. The SMILES string of the molecule is O=C(c1nc(-c2ccccc2)oc1C1CC1)N1CCN(c2ccccc2[N+](=O)[O-])CC1. The Morgan fingerprint density at radius 3 is 2.35 bits per heavy atom. The van der Waals surface area contributed by atoms with Gasteiger partial charge in [-0.05, 0) is 31.0 Å². The molecule has 158 valence electrons. The van der Waals surface area contributed by atoms with Crippen molar-refractivity contribution in [1.82, 2.24) is 9.88 Å². The number of carbonyl (C=O) groups excluding carboxylic acids is 1. The van der Waals surface area contributed by atoms with Crippen molar-refractivity contribution < 1.29 is 14.1 Å². The van der Waals surface area contributed by atoms with E-state index in [0.717, 1.165) is 18.4 Å². The smallest absolute Gasteiger partial charge is 0.292 e. The number of nitrogens with zero attached hydrogens (tertiary/aromatic N) is 4. The van der Waals surface area contributed by atoms with Crippen molar-refractivity contribution in [2.24, 2.45) is 0 Å². The van der Waals surface area contributed by atoms with Crippen LogP contribution < -0.4 is 4.90 Å². The molecule has 1 aliphatic carbocycles. The van der Waals surface area contributed by atoms with Gasteiger partial charge >= 0.3 is 0 Å². The van der Waals surface area contributed by atoms with Crippen LogP contribution in [0.25, 0.3) is 11.5 Å². The van der Waals surface area contributed by atoms with Crippen molar-refractivity contribution in [2.75, 3.05) is 31.1 Å². The minimum Gasteiger partial charge on any atom is -0.440 e. The van der Waals surface area contributed by atoms with Crippen molar-refractivity contribution in [3.05, 3.63) is 76.2 Å². The normalized spacial score (nSPS) is 16.4. The number of nitro benzene ring substituents is 1. The summed E-state index contributed by atoms with van der Waals surface area (Å²) in [6.45, 7) is 2.00. The summed E-state index contributed by atoms with van der Waals surface area (Å²) in [5.41, 5.74) is 1.93. The molecule has 5 rings (SSSR count). The molecule has 8 nitrogen and oxygen atoms in total. The molecule has 0 unspecified atom stereocenters.